The van der Waals surface area contributed by atoms with Crippen LogP contribution >= 0.6 is 0 Å². The second kappa shape index (κ2) is 10.9. The predicted molar refractivity (Wildman–Crippen MR) is 154 cm³/mol. The van der Waals surface area contributed by atoms with Gasteiger partial charge in [0.2, 0.25) is 0 Å². The smallest absolute Gasteiger partial charge is 0.296 e. The molecule has 40 heavy (non-hydrogen) atoms. The molecule has 0 saturated heterocycles. The Morgan fingerprint density at radius 2 is 1.52 bits per heavy atom. The molecule has 0 radical (unpaired) electrons. The van der Waals surface area contributed by atoms with Crippen molar-refractivity contribution in [2.45, 2.75) is 55.9 Å². The molecule has 1 aliphatic rings. The molecule has 2 aromatic heterocycles. The monoisotopic (exact) mass is 582 g/mol. The highest BCUT2D eigenvalue weighted by molar-refractivity contribution is 7.90. The third kappa shape index (κ3) is 5.50. The second-order valence-electron chi connectivity index (χ2n) is 10.8. The molecule has 1 fully saturated rings. The van der Waals surface area contributed by atoms with E-state index in [2.05, 4.69) is 21.8 Å². The Kier molecular flexibility index (Phi) is 7.73. The number of rotatable bonds is 8. The van der Waals surface area contributed by atoms with Crippen LogP contribution in [0.2, 0.25) is 0 Å². The molecule has 0 amide bonds. The Labute approximate surface area is 236 Å². The van der Waals surface area contributed by atoms with Gasteiger partial charge in [-0.1, -0.05) is 42.3 Å². The van der Waals surface area contributed by atoms with Gasteiger partial charge in [0.1, 0.15) is 12.1 Å². The van der Waals surface area contributed by atoms with Gasteiger partial charge in [0.05, 0.1) is 21.8 Å². The minimum Gasteiger partial charge on any atom is -0.356 e. The summed E-state index contributed by atoms with van der Waals surface area (Å²) in [5.41, 5.74) is 2.29. The number of hydrogen-bond acceptors (Lipinski definition) is 8. The first-order valence-electron chi connectivity index (χ1n) is 13.3. The molecular weight excluding hydrogens is 548 g/mol. The maximum absolute atomic E-state index is 13.4. The van der Waals surface area contributed by atoms with Crippen molar-refractivity contribution in [2.75, 3.05) is 18.6 Å². The largest absolute Gasteiger partial charge is 0.356 e. The van der Waals surface area contributed by atoms with E-state index in [1.54, 1.807) is 54.6 Å². The highest BCUT2D eigenvalue weighted by atomic mass is 32.2. The van der Waals surface area contributed by atoms with Crippen LogP contribution in [-0.2, 0) is 24.3 Å². The Bertz CT molecular complexity index is 1720. The van der Waals surface area contributed by atoms with E-state index >= 15 is 0 Å². The summed E-state index contributed by atoms with van der Waals surface area (Å²) in [5, 5.41) is 0.655. The molecule has 0 bridgehead atoms. The van der Waals surface area contributed by atoms with Crippen molar-refractivity contribution < 1.29 is 21.0 Å². The van der Waals surface area contributed by atoms with Gasteiger partial charge in [0.15, 0.2) is 5.65 Å². The standard InChI is InChI=1S/C29H34N4O5S2/c1-20-5-10-24(11-6-20)39(34,35)33-16-15-26-28(30-19-31-29(26)33)32(4)27-14-9-23(17-22(27)3)18-38-40(36,37)25-12-7-21(2)8-13-25/h5-8,10-13,15-16,19,22-23,27H,9,14,17-18H2,1-4H3. The maximum atomic E-state index is 13.4. The summed E-state index contributed by atoms with van der Waals surface area (Å²) in [6, 6.07) is 15.3. The lowest BCUT2D eigenvalue weighted by atomic mass is 9.78. The molecule has 1 aliphatic carbocycles. The van der Waals surface area contributed by atoms with E-state index in [-0.39, 0.29) is 34.3 Å². The highest BCUT2D eigenvalue weighted by Crippen LogP contribution is 2.36. The van der Waals surface area contributed by atoms with Crippen molar-refractivity contribution in [3.05, 3.63) is 78.2 Å². The average Bonchev–Trinajstić information content (AvgIpc) is 3.38. The van der Waals surface area contributed by atoms with Gasteiger partial charge in [0.25, 0.3) is 20.1 Å². The van der Waals surface area contributed by atoms with Crippen LogP contribution in [0.5, 0.6) is 0 Å². The SMILES string of the molecule is Cc1ccc(S(=O)(=O)OCC2CCC(N(C)c3ncnc4c3ccn4S(=O)(=O)c3ccc(C)cc3)C(C)C2)cc1. The summed E-state index contributed by atoms with van der Waals surface area (Å²) < 4.78 is 58.6. The zero-order valence-electron chi connectivity index (χ0n) is 23.1. The topological polar surface area (TPSA) is 111 Å². The fourth-order valence-electron chi connectivity index (χ4n) is 5.55. The Morgan fingerprint density at radius 1 is 0.900 bits per heavy atom. The van der Waals surface area contributed by atoms with Crippen molar-refractivity contribution in [1.29, 1.82) is 0 Å². The maximum Gasteiger partial charge on any atom is 0.296 e. The molecule has 11 heteroatoms. The number of benzene rings is 2. The fourth-order valence-corrected chi connectivity index (χ4v) is 7.83. The third-order valence-corrected chi connectivity index (χ3v) is 10.8. The lowest BCUT2D eigenvalue weighted by molar-refractivity contribution is 0.170. The van der Waals surface area contributed by atoms with Crippen LogP contribution in [0.25, 0.3) is 11.0 Å². The van der Waals surface area contributed by atoms with E-state index < -0.39 is 20.1 Å². The summed E-state index contributed by atoms with van der Waals surface area (Å²) in [6.45, 7) is 6.11. The van der Waals surface area contributed by atoms with E-state index in [9.17, 15) is 16.8 Å². The first-order valence-corrected chi connectivity index (χ1v) is 16.2. The van der Waals surface area contributed by atoms with Gasteiger partial charge >= 0.3 is 0 Å². The lowest BCUT2D eigenvalue weighted by Crippen LogP contribution is -2.42. The minimum atomic E-state index is -3.82. The van der Waals surface area contributed by atoms with Gasteiger partial charge < -0.3 is 4.90 Å². The normalized spacial score (nSPS) is 20.1. The summed E-state index contributed by atoms with van der Waals surface area (Å²) in [7, 11) is -5.66. The van der Waals surface area contributed by atoms with Crippen LogP contribution in [0, 0.1) is 25.7 Å². The van der Waals surface area contributed by atoms with Crippen LogP contribution in [0.4, 0.5) is 5.82 Å². The highest BCUT2D eigenvalue weighted by Gasteiger charge is 2.33. The average molecular weight is 583 g/mol. The van der Waals surface area contributed by atoms with Gasteiger partial charge in [-0.15, -0.1) is 0 Å². The lowest BCUT2D eigenvalue weighted by Gasteiger charge is -2.40. The van der Waals surface area contributed by atoms with Crippen LogP contribution in [0.1, 0.15) is 37.3 Å². The van der Waals surface area contributed by atoms with E-state index in [0.29, 0.717) is 16.9 Å². The van der Waals surface area contributed by atoms with Gasteiger partial charge in [-0.2, -0.15) is 8.42 Å². The Balaban J connectivity index is 1.30. The van der Waals surface area contributed by atoms with Gasteiger partial charge in [-0.3, -0.25) is 4.18 Å². The van der Waals surface area contributed by atoms with Crippen molar-refractivity contribution in [3.63, 3.8) is 0 Å². The number of aryl methyl sites for hydroxylation is 2. The molecule has 3 unspecified atom stereocenters. The summed E-state index contributed by atoms with van der Waals surface area (Å²) >= 11 is 0. The van der Waals surface area contributed by atoms with Crippen molar-refractivity contribution in [3.8, 4) is 0 Å². The van der Waals surface area contributed by atoms with Crippen molar-refractivity contribution in [2.24, 2.45) is 11.8 Å². The number of nitrogens with zero attached hydrogens (tertiary/aromatic N) is 4. The van der Waals surface area contributed by atoms with Gasteiger partial charge in [-0.25, -0.2) is 22.4 Å². The van der Waals surface area contributed by atoms with Gasteiger partial charge in [0, 0.05) is 19.3 Å². The second-order valence-corrected chi connectivity index (χ2v) is 14.2. The Morgan fingerprint density at radius 3 is 2.15 bits per heavy atom. The van der Waals surface area contributed by atoms with Crippen LogP contribution < -0.4 is 4.90 Å². The van der Waals surface area contributed by atoms with Gasteiger partial charge in [-0.05, 0) is 75.3 Å². The summed E-state index contributed by atoms with van der Waals surface area (Å²) in [6.07, 6.45) is 5.35. The molecule has 5 rings (SSSR count). The molecule has 212 valence electrons. The summed E-state index contributed by atoms with van der Waals surface area (Å²) in [5.74, 6) is 1.01. The molecule has 4 aromatic rings. The predicted octanol–water partition coefficient (Wildman–Crippen LogP) is 4.93. The molecule has 9 nitrogen and oxygen atoms in total. The quantitative estimate of drug-likeness (QED) is 0.269. The molecular formula is C29H34N4O5S2. The number of anilines is 1. The van der Waals surface area contributed by atoms with E-state index in [1.165, 1.54) is 16.5 Å². The first kappa shape index (κ1) is 28.3. The number of aromatic nitrogens is 3. The van der Waals surface area contributed by atoms with E-state index in [1.807, 2.05) is 20.9 Å². The molecule has 0 N–H and O–H groups in total. The van der Waals surface area contributed by atoms with E-state index in [0.717, 1.165) is 30.4 Å². The van der Waals surface area contributed by atoms with E-state index in [4.69, 9.17) is 4.18 Å². The van der Waals surface area contributed by atoms with Crippen LogP contribution in [0.15, 0.2) is 76.9 Å². The van der Waals surface area contributed by atoms with Crippen molar-refractivity contribution in [1.82, 2.24) is 13.9 Å². The number of fused-ring (bicyclic) bond motifs is 1. The molecule has 2 heterocycles. The molecule has 0 spiro atoms. The zero-order valence-corrected chi connectivity index (χ0v) is 24.7. The Hall–Kier alpha value is -3.28. The van der Waals surface area contributed by atoms with Crippen LogP contribution in [-0.4, -0.2) is 50.5 Å². The third-order valence-electron chi connectivity index (χ3n) is 7.84. The molecule has 1 saturated carbocycles. The number of hydrogen-bond donors (Lipinski definition) is 0. The molecule has 2 aromatic carbocycles. The summed E-state index contributed by atoms with van der Waals surface area (Å²) in [4.78, 5) is 11.3. The fraction of sp³-hybridized carbons (Fsp3) is 0.379. The van der Waals surface area contributed by atoms with Crippen LogP contribution in [0.3, 0.4) is 0 Å². The molecule has 0 aliphatic heterocycles. The molecule has 3 atom stereocenters. The first-order chi connectivity index (χ1) is 19.0. The van der Waals surface area contributed by atoms with Crippen molar-refractivity contribution >= 4 is 37.0 Å². The zero-order chi connectivity index (χ0) is 28.7. The minimum absolute atomic E-state index is 0.117.